The summed E-state index contributed by atoms with van der Waals surface area (Å²) in [6.45, 7) is 0.681. The molecule has 5 heteroatoms. The highest BCUT2D eigenvalue weighted by Gasteiger charge is 2.25. The molecule has 26 heavy (non-hydrogen) atoms. The number of pyridine rings is 1. The lowest BCUT2D eigenvalue weighted by Crippen LogP contribution is -2.29. The molecule has 0 atom stereocenters. The lowest BCUT2D eigenvalue weighted by atomic mass is 10.1. The second kappa shape index (κ2) is 6.69. The topological polar surface area (TPSA) is 69.0 Å². The normalized spacial score (nSPS) is 12.3. The number of fused-ring (bicyclic) bond motifs is 1. The Kier molecular flexibility index (Phi) is 4.08. The summed E-state index contributed by atoms with van der Waals surface area (Å²) < 4.78 is 0. The van der Waals surface area contributed by atoms with Gasteiger partial charge in [0.15, 0.2) is 0 Å². The largest absolute Gasteiger partial charge is 0.354 e. The average Bonchev–Trinajstić information content (AvgIpc) is 3.12. The summed E-state index contributed by atoms with van der Waals surface area (Å²) in [7, 11) is 0. The fraction of sp³-hybridized carbons (Fsp3) is 0.0952. The molecular weight excluding hydrogens is 324 g/mol. The van der Waals surface area contributed by atoms with Crippen molar-refractivity contribution in [1.29, 1.82) is 5.26 Å². The van der Waals surface area contributed by atoms with Crippen LogP contribution in [0.15, 0.2) is 67.0 Å². The first kappa shape index (κ1) is 15.9. The van der Waals surface area contributed by atoms with Crippen LogP contribution in [-0.4, -0.2) is 17.4 Å². The van der Waals surface area contributed by atoms with E-state index in [9.17, 15) is 4.79 Å². The quantitative estimate of drug-likeness (QED) is 0.785. The van der Waals surface area contributed by atoms with Crippen molar-refractivity contribution in [3.8, 4) is 6.07 Å². The number of nitrogens with zero attached hydrogens (tertiary/aromatic N) is 3. The number of nitriles is 1. The van der Waals surface area contributed by atoms with Crippen molar-refractivity contribution in [3.63, 3.8) is 0 Å². The van der Waals surface area contributed by atoms with Crippen LogP contribution in [0.1, 0.15) is 21.5 Å². The van der Waals surface area contributed by atoms with E-state index >= 15 is 0 Å². The van der Waals surface area contributed by atoms with Crippen molar-refractivity contribution >= 4 is 23.0 Å². The predicted octanol–water partition coefficient (Wildman–Crippen LogP) is 3.90. The van der Waals surface area contributed by atoms with Crippen LogP contribution in [0, 0.1) is 11.3 Å². The Morgan fingerprint density at radius 2 is 1.96 bits per heavy atom. The van der Waals surface area contributed by atoms with Crippen molar-refractivity contribution in [2.24, 2.45) is 0 Å². The molecule has 1 N–H and O–H groups in total. The van der Waals surface area contributed by atoms with E-state index in [0.717, 1.165) is 17.8 Å². The lowest BCUT2D eigenvalue weighted by molar-refractivity contribution is 0.0989. The zero-order valence-corrected chi connectivity index (χ0v) is 14.0. The number of benzene rings is 2. The maximum atomic E-state index is 12.9. The summed E-state index contributed by atoms with van der Waals surface area (Å²) in [6.07, 6.45) is 4.11. The van der Waals surface area contributed by atoms with Crippen molar-refractivity contribution < 1.29 is 4.79 Å². The first-order chi connectivity index (χ1) is 12.7. The van der Waals surface area contributed by atoms with Gasteiger partial charge in [-0.05, 0) is 42.3 Å². The highest BCUT2D eigenvalue weighted by molar-refractivity contribution is 6.07. The van der Waals surface area contributed by atoms with Gasteiger partial charge in [-0.15, -0.1) is 0 Å². The molecule has 126 valence electrons. The van der Waals surface area contributed by atoms with Crippen LogP contribution >= 0.6 is 0 Å². The number of hydrogen-bond donors (Lipinski definition) is 1. The van der Waals surface area contributed by atoms with Crippen LogP contribution in [0.5, 0.6) is 0 Å². The molecule has 5 nitrogen and oxygen atoms in total. The summed E-state index contributed by atoms with van der Waals surface area (Å²) in [4.78, 5) is 18.9. The van der Waals surface area contributed by atoms with E-state index < -0.39 is 0 Å². The molecule has 3 aromatic rings. The van der Waals surface area contributed by atoms with Crippen LogP contribution in [0.3, 0.4) is 0 Å². The first-order valence-electron chi connectivity index (χ1n) is 8.36. The Bertz CT molecular complexity index is 1020. The number of aromatic nitrogens is 1. The number of carbonyl (C=O) groups is 1. The second-order valence-corrected chi connectivity index (χ2v) is 6.12. The Morgan fingerprint density at radius 1 is 1.08 bits per heavy atom. The molecule has 2 heterocycles. The van der Waals surface area contributed by atoms with E-state index in [0.29, 0.717) is 23.4 Å². The van der Waals surface area contributed by atoms with Crippen molar-refractivity contribution in [3.05, 3.63) is 83.7 Å². The fourth-order valence-corrected chi connectivity index (χ4v) is 3.16. The van der Waals surface area contributed by atoms with Crippen molar-refractivity contribution in [1.82, 2.24) is 4.98 Å². The monoisotopic (exact) mass is 340 g/mol. The SMILES string of the molecule is N#Cc1cccc(Nc2cncc(C(=O)N3CCc4ccccc43)c2)c1. The molecular formula is C21H16N4O. The van der Waals surface area contributed by atoms with Gasteiger partial charge in [0.25, 0.3) is 5.91 Å². The van der Waals surface area contributed by atoms with Gasteiger partial charge in [-0.3, -0.25) is 9.78 Å². The molecule has 4 rings (SSSR count). The molecule has 0 fully saturated rings. The third-order valence-electron chi connectivity index (χ3n) is 4.40. The van der Waals surface area contributed by atoms with E-state index in [-0.39, 0.29) is 5.91 Å². The lowest BCUT2D eigenvalue weighted by Gasteiger charge is -2.17. The zero-order chi connectivity index (χ0) is 17.9. The van der Waals surface area contributed by atoms with Gasteiger partial charge in [0.2, 0.25) is 0 Å². The van der Waals surface area contributed by atoms with E-state index in [1.807, 2.05) is 30.3 Å². The highest BCUT2D eigenvalue weighted by Crippen LogP contribution is 2.29. The Morgan fingerprint density at radius 3 is 2.85 bits per heavy atom. The van der Waals surface area contributed by atoms with Crippen molar-refractivity contribution in [2.45, 2.75) is 6.42 Å². The first-order valence-corrected chi connectivity index (χ1v) is 8.36. The maximum absolute atomic E-state index is 12.9. The molecule has 1 aliphatic rings. The van der Waals surface area contributed by atoms with E-state index in [1.165, 1.54) is 5.56 Å². The fourth-order valence-electron chi connectivity index (χ4n) is 3.16. The molecule has 1 aromatic heterocycles. The van der Waals surface area contributed by atoms with Crippen LogP contribution in [0.25, 0.3) is 0 Å². The van der Waals surface area contributed by atoms with Gasteiger partial charge < -0.3 is 10.2 Å². The molecule has 2 aromatic carbocycles. The Balaban J connectivity index is 1.58. The van der Waals surface area contributed by atoms with Crippen LogP contribution in [0.2, 0.25) is 0 Å². The number of para-hydroxylation sites is 1. The summed E-state index contributed by atoms with van der Waals surface area (Å²) in [5.74, 6) is -0.0584. The Labute approximate surface area is 151 Å². The van der Waals surface area contributed by atoms with Gasteiger partial charge >= 0.3 is 0 Å². The molecule has 0 saturated heterocycles. The molecule has 0 unspecified atom stereocenters. The minimum atomic E-state index is -0.0584. The number of nitrogens with one attached hydrogen (secondary N) is 1. The minimum Gasteiger partial charge on any atom is -0.354 e. The smallest absolute Gasteiger partial charge is 0.259 e. The highest BCUT2D eigenvalue weighted by atomic mass is 16.2. The van der Waals surface area contributed by atoms with E-state index in [2.05, 4.69) is 22.4 Å². The predicted molar refractivity (Wildman–Crippen MR) is 100 cm³/mol. The molecule has 1 aliphatic heterocycles. The van der Waals surface area contributed by atoms with Crippen molar-refractivity contribution in [2.75, 3.05) is 16.8 Å². The summed E-state index contributed by atoms with van der Waals surface area (Å²) in [6, 6.07) is 19.0. The maximum Gasteiger partial charge on any atom is 0.259 e. The second-order valence-electron chi connectivity index (χ2n) is 6.12. The van der Waals surface area contributed by atoms with Gasteiger partial charge in [-0.1, -0.05) is 24.3 Å². The minimum absolute atomic E-state index is 0.0584. The Hall–Kier alpha value is -3.65. The van der Waals surface area contributed by atoms with Gasteiger partial charge in [0, 0.05) is 24.1 Å². The average molecular weight is 340 g/mol. The molecule has 0 aliphatic carbocycles. The zero-order valence-electron chi connectivity index (χ0n) is 14.0. The number of rotatable bonds is 3. The molecule has 0 radical (unpaired) electrons. The number of hydrogen-bond acceptors (Lipinski definition) is 4. The van der Waals surface area contributed by atoms with Crippen LogP contribution < -0.4 is 10.2 Å². The molecule has 1 amide bonds. The van der Waals surface area contributed by atoms with E-state index in [1.54, 1.807) is 35.5 Å². The van der Waals surface area contributed by atoms with Gasteiger partial charge in [0.1, 0.15) is 0 Å². The third kappa shape index (κ3) is 3.01. The number of carbonyl (C=O) groups excluding carboxylic acids is 1. The summed E-state index contributed by atoms with van der Waals surface area (Å²) in [5.41, 5.74) is 4.75. The van der Waals surface area contributed by atoms with Gasteiger partial charge in [-0.2, -0.15) is 5.26 Å². The number of anilines is 3. The third-order valence-corrected chi connectivity index (χ3v) is 4.40. The van der Waals surface area contributed by atoms with E-state index in [4.69, 9.17) is 5.26 Å². The van der Waals surface area contributed by atoms with Gasteiger partial charge in [-0.25, -0.2) is 0 Å². The summed E-state index contributed by atoms with van der Waals surface area (Å²) in [5, 5.41) is 12.2. The standard InChI is InChI=1S/C21H16N4O/c22-12-15-4-3-6-18(10-15)24-19-11-17(13-23-14-19)21(26)25-9-8-16-5-1-2-7-20(16)25/h1-7,10-11,13-14,24H,8-9H2. The molecule has 0 bridgehead atoms. The van der Waals surface area contributed by atoms with Gasteiger partial charge in [0.05, 0.1) is 29.1 Å². The van der Waals surface area contributed by atoms with Crippen LogP contribution in [0.4, 0.5) is 17.1 Å². The summed E-state index contributed by atoms with van der Waals surface area (Å²) >= 11 is 0. The number of amides is 1. The molecule has 0 saturated carbocycles. The van der Waals surface area contributed by atoms with Crippen LogP contribution in [-0.2, 0) is 6.42 Å². The molecule has 0 spiro atoms.